The van der Waals surface area contributed by atoms with E-state index in [0.29, 0.717) is 0 Å². The number of hydrogen-bond donors (Lipinski definition) is 1. The molecule has 2 nitrogen and oxygen atoms in total. The average molecular weight is 222 g/mol. The minimum atomic E-state index is 0.983. The Morgan fingerprint density at radius 3 is 2.18 bits per heavy atom. The third-order valence-corrected chi connectivity index (χ3v) is 2.22. The van der Waals surface area contributed by atoms with Gasteiger partial charge in [0.05, 0.1) is 5.69 Å². The Hall–Kier alpha value is -2.35. The van der Waals surface area contributed by atoms with Crippen molar-refractivity contribution in [1.82, 2.24) is 0 Å². The van der Waals surface area contributed by atoms with E-state index in [4.69, 9.17) is 0 Å². The summed E-state index contributed by atoms with van der Waals surface area (Å²) in [6.45, 7) is 0. The minimum absolute atomic E-state index is 0.983. The fourth-order valence-electron chi connectivity index (χ4n) is 1.39. The van der Waals surface area contributed by atoms with Gasteiger partial charge in [-0.15, -0.1) is 0 Å². The van der Waals surface area contributed by atoms with E-state index < -0.39 is 0 Å². The highest BCUT2D eigenvalue weighted by Gasteiger charge is 1.83. The van der Waals surface area contributed by atoms with Gasteiger partial charge in [0, 0.05) is 6.21 Å². The van der Waals surface area contributed by atoms with E-state index in [2.05, 4.69) is 22.7 Å². The van der Waals surface area contributed by atoms with Crippen LogP contribution in [-0.2, 0) is 0 Å². The molecule has 0 spiro atoms. The van der Waals surface area contributed by atoms with Crippen LogP contribution >= 0.6 is 0 Å². The summed E-state index contributed by atoms with van der Waals surface area (Å²) in [6, 6.07) is 20.0. The molecular weight excluding hydrogens is 208 g/mol. The molecule has 0 saturated heterocycles. The Kier molecular flexibility index (Phi) is 4.12. The molecule has 0 atom stereocenters. The van der Waals surface area contributed by atoms with E-state index in [1.807, 2.05) is 60.7 Å². The molecule has 0 aromatic heterocycles. The smallest absolute Gasteiger partial charge is 0.0561 e. The first-order valence-electron chi connectivity index (χ1n) is 5.51. The first-order valence-corrected chi connectivity index (χ1v) is 5.51. The molecule has 0 aliphatic heterocycles. The van der Waals surface area contributed by atoms with Crippen molar-refractivity contribution in [1.29, 1.82) is 0 Å². The Bertz CT molecular complexity index is 487. The van der Waals surface area contributed by atoms with Gasteiger partial charge in [0.15, 0.2) is 0 Å². The second kappa shape index (κ2) is 6.28. The molecule has 0 aliphatic rings. The summed E-state index contributed by atoms with van der Waals surface area (Å²) in [4.78, 5) is 0. The van der Waals surface area contributed by atoms with Crippen molar-refractivity contribution in [3.63, 3.8) is 0 Å². The Balaban J connectivity index is 1.85. The number of hydrogen-bond acceptors (Lipinski definition) is 2. The second-order valence-corrected chi connectivity index (χ2v) is 3.53. The average Bonchev–Trinajstić information content (AvgIpc) is 2.41. The van der Waals surface area contributed by atoms with Crippen LogP contribution in [0.3, 0.4) is 0 Å². The molecule has 17 heavy (non-hydrogen) atoms. The van der Waals surface area contributed by atoms with E-state index >= 15 is 0 Å². The predicted molar refractivity (Wildman–Crippen MR) is 74.0 cm³/mol. The number of rotatable bonds is 4. The van der Waals surface area contributed by atoms with Crippen LogP contribution in [0.4, 0.5) is 5.69 Å². The number of anilines is 1. The summed E-state index contributed by atoms with van der Waals surface area (Å²) in [7, 11) is 0. The maximum atomic E-state index is 4.09. The molecule has 0 unspecified atom stereocenters. The first kappa shape index (κ1) is 11.1. The summed E-state index contributed by atoms with van der Waals surface area (Å²) in [5.74, 6) is 0. The molecule has 0 radical (unpaired) electrons. The lowest BCUT2D eigenvalue weighted by Crippen LogP contribution is -1.86. The van der Waals surface area contributed by atoms with Crippen molar-refractivity contribution in [3.8, 4) is 0 Å². The SMILES string of the molecule is C(=Cc1ccccc1)/C=N/Nc1ccccc1. The standard InChI is InChI=1S/C15H14N2/c1-3-8-14(9-4-1)10-7-13-16-17-15-11-5-2-6-12-15/h1-13,17H/b10-7?,16-13+. The number of nitrogens with zero attached hydrogens (tertiary/aromatic N) is 1. The Morgan fingerprint density at radius 1 is 0.824 bits per heavy atom. The van der Waals surface area contributed by atoms with Gasteiger partial charge in [0.25, 0.3) is 0 Å². The Labute approximate surface area is 101 Å². The molecule has 84 valence electrons. The lowest BCUT2D eigenvalue weighted by atomic mass is 10.2. The molecule has 0 amide bonds. The van der Waals surface area contributed by atoms with Gasteiger partial charge in [-0.05, 0) is 23.8 Å². The van der Waals surface area contributed by atoms with Gasteiger partial charge in [-0.3, -0.25) is 5.43 Å². The van der Waals surface area contributed by atoms with Crippen LogP contribution in [0.25, 0.3) is 6.08 Å². The normalized spacial score (nSPS) is 11.1. The van der Waals surface area contributed by atoms with Crippen molar-refractivity contribution in [3.05, 3.63) is 72.3 Å². The number of hydrazone groups is 1. The molecule has 0 heterocycles. The summed E-state index contributed by atoms with van der Waals surface area (Å²) in [6.07, 6.45) is 5.65. The van der Waals surface area contributed by atoms with E-state index in [-0.39, 0.29) is 0 Å². The van der Waals surface area contributed by atoms with Crippen molar-refractivity contribution in [2.24, 2.45) is 5.10 Å². The van der Waals surface area contributed by atoms with Crippen LogP contribution in [0.5, 0.6) is 0 Å². The van der Waals surface area contributed by atoms with Crippen molar-refractivity contribution in [2.45, 2.75) is 0 Å². The minimum Gasteiger partial charge on any atom is -0.279 e. The molecule has 0 aliphatic carbocycles. The molecular formula is C15H14N2. The van der Waals surface area contributed by atoms with Gasteiger partial charge >= 0.3 is 0 Å². The van der Waals surface area contributed by atoms with E-state index in [1.54, 1.807) is 6.21 Å². The summed E-state index contributed by atoms with van der Waals surface area (Å²) in [5.41, 5.74) is 5.10. The molecule has 0 fully saturated rings. The zero-order chi connectivity index (χ0) is 11.8. The van der Waals surface area contributed by atoms with Crippen LogP contribution in [0, 0.1) is 0 Å². The van der Waals surface area contributed by atoms with Gasteiger partial charge < -0.3 is 0 Å². The van der Waals surface area contributed by atoms with Crippen LogP contribution in [0.1, 0.15) is 5.56 Å². The molecule has 2 aromatic carbocycles. The maximum Gasteiger partial charge on any atom is 0.0561 e. The largest absolute Gasteiger partial charge is 0.279 e. The van der Waals surface area contributed by atoms with E-state index in [0.717, 1.165) is 5.69 Å². The molecule has 0 bridgehead atoms. The highest BCUT2D eigenvalue weighted by Crippen LogP contribution is 2.04. The molecule has 2 aromatic rings. The zero-order valence-corrected chi connectivity index (χ0v) is 9.45. The molecule has 0 saturated carbocycles. The van der Waals surface area contributed by atoms with Gasteiger partial charge in [-0.1, -0.05) is 54.6 Å². The fourth-order valence-corrected chi connectivity index (χ4v) is 1.39. The second-order valence-electron chi connectivity index (χ2n) is 3.53. The highest BCUT2D eigenvalue weighted by atomic mass is 15.3. The topological polar surface area (TPSA) is 24.4 Å². The Morgan fingerprint density at radius 2 is 1.47 bits per heavy atom. The van der Waals surface area contributed by atoms with Crippen molar-refractivity contribution in [2.75, 3.05) is 5.43 Å². The van der Waals surface area contributed by atoms with E-state index in [1.165, 1.54) is 5.56 Å². The van der Waals surface area contributed by atoms with Crippen molar-refractivity contribution < 1.29 is 0 Å². The van der Waals surface area contributed by atoms with Crippen LogP contribution in [-0.4, -0.2) is 6.21 Å². The monoisotopic (exact) mass is 222 g/mol. The molecule has 2 rings (SSSR count). The summed E-state index contributed by atoms with van der Waals surface area (Å²) >= 11 is 0. The maximum absolute atomic E-state index is 4.09. The lowest BCUT2D eigenvalue weighted by molar-refractivity contribution is 1.36. The molecule has 2 heteroatoms. The van der Waals surface area contributed by atoms with Crippen LogP contribution in [0.2, 0.25) is 0 Å². The fraction of sp³-hybridized carbons (Fsp3) is 0. The number of benzene rings is 2. The summed E-state index contributed by atoms with van der Waals surface area (Å²) in [5, 5.41) is 4.09. The van der Waals surface area contributed by atoms with Gasteiger partial charge in [0.1, 0.15) is 0 Å². The highest BCUT2D eigenvalue weighted by molar-refractivity contribution is 5.78. The van der Waals surface area contributed by atoms with Gasteiger partial charge in [-0.2, -0.15) is 5.10 Å². The van der Waals surface area contributed by atoms with Crippen molar-refractivity contribution >= 4 is 18.0 Å². The third kappa shape index (κ3) is 3.95. The quantitative estimate of drug-likeness (QED) is 0.617. The third-order valence-electron chi connectivity index (χ3n) is 2.22. The summed E-state index contributed by atoms with van der Waals surface area (Å²) < 4.78 is 0. The first-order chi connectivity index (χ1) is 8.45. The zero-order valence-electron chi connectivity index (χ0n) is 9.45. The molecule has 1 N–H and O–H groups in total. The lowest BCUT2D eigenvalue weighted by Gasteiger charge is -1.96. The number of nitrogens with one attached hydrogen (secondary N) is 1. The van der Waals surface area contributed by atoms with Crippen LogP contribution in [0.15, 0.2) is 71.8 Å². The number of allylic oxidation sites excluding steroid dienone is 1. The van der Waals surface area contributed by atoms with Gasteiger partial charge in [-0.25, -0.2) is 0 Å². The number of para-hydroxylation sites is 1. The predicted octanol–water partition coefficient (Wildman–Crippen LogP) is 3.80. The van der Waals surface area contributed by atoms with Gasteiger partial charge in [0.2, 0.25) is 0 Å². The van der Waals surface area contributed by atoms with E-state index in [9.17, 15) is 0 Å². The van der Waals surface area contributed by atoms with Crippen LogP contribution < -0.4 is 5.43 Å².